The van der Waals surface area contributed by atoms with Crippen LogP contribution in [0.3, 0.4) is 0 Å². The average molecular weight is 476 g/mol. The van der Waals surface area contributed by atoms with Gasteiger partial charge in [0.1, 0.15) is 19.0 Å². The number of halogens is 1. The van der Waals surface area contributed by atoms with Gasteiger partial charge in [-0.25, -0.2) is 0 Å². The first-order chi connectivity index (χ1) is 14.5. The number of nitrogens with one attached hydrogen (secondary N) is 1. The van der Waals surface area contributed by atoms with E-state index in [0.29, 0.717) is 37.5 Å². The van der Waals surface area contributed by atoms with Crippen molar-refractivity contribution in [3.63, 3.8) is 0 Å². The summed E-state index contributed by atoms with van der Waals surface area (Å²) in [6.07, 6.45) is 0. The molecule has 30 heavy (non-hydrogen) atoms. The van der Waals surface area contributed by atoms with Crippen molar-refractivity contribution in [1.82, 2.24) is 25.1 Å². The van der Waals surface area contributed by atoms with E-state index in [-0.39, 0.29) is 11.9 Å². The van der Waals surface area contributed by atoms with Crippen molar-refractivity contribution in [2.45, 2.75) is 6.92 Å². The topological polar surface area (TPSA) is 107 Å². The van der Waals surface area contributed by atoms with Gasteiger partial charge in [-0.05, 0) is 31.2 Å². The van der Waals surface area contributed by atoms with Crippen molar-refractivity contribution in [3.8, 4) is 23.5 Å². The highest BCUT2D eigenvalue weighted by Crippen LogP contribution is 2.20. The zero-order chi connectivity index (χ0) is 21.3. The van der Waals surface area contributed by atoms with Gasteiger partial charge in [0, 0.05) is 37.2 Å². The Balaban J connectivity index is 1.53. The molecule has 0 unspecified atom stereocenters. The van der Waals surface area contributed by atoms with Crippen LogP contribution >= 0.6 is 15.9 Å². The maximum Gasteiger partial charge on any atom is 0.330 e. The summed E-state index contributed by atoms with van der Waals surface area (Å²) in [6, 6.07) is 11.0. The van der Waals surface area contributed by atoms with Gasteiger partial charge in [-0.15, -0.1) is 10.2 Å². The lowest BCUT2D eigenvalue weighted by atomic mass is 10.3. The monoisotopic (exact) mass is 475 g/mol. The predicted molar refractivity (Wildman–Crippen MR) is 116 cm³/mol. The van der Waals surface area contributed by atoms with E-state index in [1.807, 2.05) is 45.3 Å². The summed E-state index contributed by atoms with van der Waals surface area (Å²) >= 11 is 3.38. The van der Waals surface area contributed by atoms with Crippen molar-refractivity contribution in [2.75, 3.05) is 44.1 Å². The third-order valence-electron chi connectivity index (χ3n) is 3.57. The number of aromatic nitrogens is 5. The first kappa shape index (κ1) is 21.5. The minimum absolute atomic E-state index is 0.121. The van der Waals surface area contributed by atoms with Gasteiger partial charge < -0.3 is 24.4 Å². The molecular weight excluding hydrogens is 454 g/mol. The van der Waals surface area contributed by atoms with Crippen molar-refractivity contribution < 1.29 is 14.2 Å². The number of nitrogens with zero attached hydrogens (tertiary/aromatic N) is 6. The van der Waals surface area contributed by atoms with E-state index in [0.717, 1.165) is 10.2 Å². The van der Waals surface area contributed by atoms with Crippen LogP contribution in [-0.4, -0.2) is 59.0 Å². The first-order valence-electron chi connectivity index (χ1n) is 9.23. The number of rotatable bonds is 10. The lowest BCUT2D eigenvalue weighted by molar-refractivity contribution is 0.210. The van der Waals surface area contributed by atoms with Gasteiger partial charge in [-0.1, -0.05) is 15.9 Å². The second kappa shape index (κ2) is 10.5. The molecule has 0 spiro atoms. The number of hydrogen-bond acceptors (Lipinski definition) is 10. The number of hydrogen-bond donors (Lipinski definition) is 1. The van der Waals surface area contributed by atoms with Gasteiger partial charge in [0.2, 0.25) is 23.7 Å². The van der Waals surface area contributed by atoms with Gasteiger partial charge in [0.25, 0.3) is 0 Å². The van der Waals surface area contributed by atoms with Crippen molar-refractivity contribution in [2.24, 2.45) is 0 Å². The summed E-state index contributed by atoms with van der Waals surface area (Å²) in [5, 5.41) is 11.0. The van der Waals surface area contributed by atoms with Crippen molar-refractivity contribution >= 4 is 27.8 Å². The summed E-state index contributed by atoms with van der Waals surface area (Å²) in [5.74, 6) is 2.26. The standard InChI is InChI=1S/C19H22BrN7O3/c1-4-21-17-22-18(27(2)3)24-19(23-17)30-16-10-9-15(25-26-16)29-12-11-28-14-7-5-13(20)6-8-14/h5-10H,4,11-12H2,1-3H3,(H,21,22,23,24). The molecule has 0 aliphatic heterocycles. The molecule has 0 atom stereocenters. The molecule has 0 amide bonds. The van der Waals surface area contributed by atoms with Crippen LogP contribution in [0.25, 0.3) is 0 Å². The Hall–Kier alpha value is -3.21. The summed E-state index contributed by atoms with van der Waals surface area (Å²) in [7, 11) is 3.67. The van der Waals surface area contributed by atoms with Crippen LogP contribution in [0.15, 0.2) is 40.9 Å². The van der Waals surface area contributed by atoms with Crippen LogP contribution in [0, 0.1) is 0 Å². The Kier molecular flexibility index (Phi) is 7.55. The maximum atomic E-state index is 5.62. The van der Waals surface area contributed by atoms with E-state index in [1.54, 1.807) is 17.0 Å². The molecule has 2 aromatic heterocycles. The second-order valence-electron chi connectivity index (χ2n) is 6.13. The van der Waals surface area contributed by atoms with Crippen LogP contribution in [-0.2, 0) is 0 Å². The molecule has 1 aromatic carbocycles. The average Bonchev–Trinajstić information content (AvgIpc) is 2.74. The molecule has 11 heteroatoms. The molecule has 0 saturated heterocycles. The van der Waals surface area contributed by atoms with Crippen molar-refractivity contribution in [1.29, 1.82) is 0 Å². The molecule has 3 aromatic rings. The molecule has 2 heterocycles. The largest absolute Gasteiger partial charge is 0.490 e. The smallest absolute Gasteiger partial charge is 0.330 e. The van der Waals surface area contributed by atoms with Crippen LogP contribution < -0.4 is 24.4 Å². The Morgan fingerprint density at radius 1 is 0.900 bits per heavy atom. The molecule has 0 fully saturated rings. The Labute approximate surface area is 182 Å². The van der Waals surface area contributed by atoms with Gasteiger partial charge >= 0.3 is 6.01 Å². The van der Waals surface area contributed by atoms with Gasteiger partial charge in [-0.2, -0.15) is 15.0 Å². The number of ether oxygens (including phenoxy) is 3. The van der Waals surface area contributed by atoms with Gasteiger partial charge in [0.15, 0.2) is 0 Å². The zero-order valence-corrected chi connectivity index (χ0v) is 18.5. The number of anilines is 2. The fourth-order valence-electron chi connectivity index (χ4n) is 2.20. The predicted octanol–water partition coefficient (Wildman–Crippen LogP) is 3.17. The SMILES string of the molecule is CCNc1nc(Oc2ccc(OCCOc3ccc(Br)cc3)nn2)nc(N(C)C)n1. The quantitative estimate of drug-likeness (QED) is 0.439. The molecule has 0 saturated carbocycles. The summed E-state index contributed by atoms with van der Waals surface area (Å²) in [4.78, 5) is 14.5. The van der Waals surface area contributed by atoms with Gasteiger partial charge in [-0.3, -0.25) is 0 Å². The highest BCUT2D eigenvalue weighted by molar-refractivity contribution is 9.10. The molecular formula is C19H22BrN7O3. The van der Waals surface area contributed by atoms with Gasteiger partial charge in [0.05, 0.1) is 0 Å². The fourth-order valence-corrected chi connectivity index (χ4v) is 2.46. The Morgan fingerprint density at radius 3 is 2.27 bits per heavy atom. The molecule has 1 N–H and O–H groups in total. The lowest BCUT2D eigenvalue weighted by Gasteiger charge is -2.12. The third-order valence-corrected chi connectivity index (χ3v) is 4.09. The molecule has 3 rings (SSSR count). The summed E-state index contributed by atoms with van der Waals surface area (Å²) < 4.78 is 17.7. The molecule has 0 bridgehead atoms. The summed E-state index contributed by atoms with van der Waals surface area (Å²) in [6.45, 7) is 3.34. The highest BCUT2D eigenvalue weighted by Gasteiger charge is 2.11. The molecule has 0 radical (unpaired) electrons. The van der Waals surface area contributed by atoms with E-state index < -0.39 is 0 Å². The van der Waals surface area contributed by atoms with E-state index >= 15 is 0 Å². The highest BCUT2D eigenvalue weighted by atomic mass is 79.9. The van der Waals surface area contributed by atoms with Crippen LogP contribution in [0.4, 0.5) is 11.9 Å². The fraction of sp³-hybridized carbons (Fsp3) is 0.316. The maximum absolute atomic E-state index is 5.62. The van der Waals surface area contributed by atoms with E-state index in [4.69, 9.17) is 14.2 Å². The van der Waals surface area contributed by atoms with E-state index in [1.165, 1.54) is 0 Å². The summed E-state index contributed by atoms with van der Waals surface area (Å²) in [5.41, 5.74) is 0. The minimum atomic E-state index is 0.121. The number of benzene rings is 1. The van der Waals surface area contributed by atoms with E-state index in [2.05, 4.69) is 46.4 Å². The van der Waals surface area contributed by atoms with Crippen LogP contribution in [0.2, 0.25) is 0 Å². The Bertz CT molecular complexity index is 940. The molecule has 10 nitrogen and oxygen atoms in total. The minimum Gasteiger partial charge on any atom is -0.490 e. The Morgan fingerprint density at radius 2 is 1.60 bits per heavy atom. The van der Waals surface area contributed by atoms with Crippen LogP contribution in [0.5, 0.6) is 23.5 Å². The van der Waals surface area contributed by atoms with Crippen molar-refractivity contribution in [3.05, 3.63) is 40.9 Å². The normalized spacial score (nSPS) is 10.4. The third kappa shape index (κ3) is 6.41. The van der Waals surface area contributed by atoms with E-state index in [9.17, 15) is 0 Å². The molecule has 0 aliphatic rings. The second-order valence-corrected chi connectivity index (χ2v) is 7.04. The molecule has 0 aliphatic carbocycles. The zero-order valence-electron chi connectivity index (χ0n) is 16.9. The first-order valence-corrected chi connectivity index (χ1v) is 10.0. The molecule has 158 valence electrons. The lowest BCUT2D eigenvalue weighted by Crippen LogP contribution is -2.15. The van der Waals surface area contributed by atoms with Crippen LogP contribution in [0.1, 0.15) is 6.92 Å².